The molecule has 2 amide bonds. The van der Waals surface area contributed by atoms with Gasteiger partial charge in [0.05, 0.1) is 29.5 Å². The molecule has 1 atom stereocenters. The van der Waals surface area contributed by atoms with Crippen LogP contribution in [0.3, 0.4) is 0 Å². The molecular formula is C23H22N4O2S. The Morgan fingerprint density at radius 3 is 2.90 bits per heavy atom. The predicted octanol–water partition coefficient (Wildman–Crippen LogP) is 3.87. The molecule has 2 aromatic carbocycles. The van der Waals surface area contributed by atoms with Gasteiger partial charge in [-0.15, -0.1) is 11.3 Å². The van der Waals surface area contributed by atoms with Gasteiger partial charge in [-0.05, 0) is 18.4 Å². The summed E-state index contributed by atoms with van der Waals surface area (Å²) in [6.45, 7) is 2.85. The first-order valence-corrected chi connectivity index (χ1v) is 10.8. The van der Waals surface area contributed by atoms with Crippen LogP contribution < -0.4 is 4.90 Å². The van der Waals surface area contributed by atoms with Crippen LogP contribution >= 0.6 is 11.3 Å². The fourth-order valence-corrected chi connectivity index (χ4v) is 5.07. The highest BCUT2D eigenvalue weighted by Crippen LogP contribution is 2.32. The quantitative estimate of drug-likeness (QED) is 0.506. The number of imidazole rings is 1. The third-order valence-corrected chi connectivity index (χ3v) is 6.61. The summed E-state index contributed by atoms with van der Waals surface area (Å²) in [7, 11) is 1.80. The number of anilines is 1. The van der Waals surface area contributed by atoms with Gasteiger partial charge in [-0.2, -0.15) is 0 Å². The summed E-state index contributed by atoms with van der Waals surface area (Å²) in [4.78, 5) is 34.9. The first kappa shape index (κ1) is 18.8. The van der Waals surface area contributed by atoms with Crippen molar-refractivity contribution in [3.63, 3.8) is 0 Å². The van der Waals surface area contributed by atoms with Crippen LogP contribution in [0.4, 0.5) is 5.69 Å². The van der Waals surface area contributed by atoms with Crippen LogP contribution in [0, 0.1) is 12.8 Å². The zero-order chi connectivity index (χ0) is 20.8. The molecule has 30 heavy (non-hydrogen) atoms. The van der Waals surface area contributed by atoms with E-state index in [-0.39, 0.29) is 24.2 Å². The molecule has 1 fully saturated rings. The van der Waals surface area contributed by atoms with E-state index in [4.69, 9.17) is 0 Å². The Kier molecular flexibility index (Phi) is 4.55. The van der Waals surface area contributed by atoms with E-state index in [2.05, 4.69) is 4.98 Å². The number of benzene rings is 2. The molecule has 0 spiro atoms. The molecule has 5 rings (SSSR count). The number of thiazole rings is 1. The number of hydrogen-bond donors (Lipinski definition) is 0. The number of hydrogen-bond acceptors (Lipinski definition) is 4. The largest absolute Gasteiger partial charge is 0.340 e. The number of aryl methyl sites for hydroxylation is 1. The van der Waals surface area contributed by atoms with Crippen molar-refractivity contribution in [3.05, 3.63) is 65.4 Å². The SMILES string of the molecule is Cc1nc2sccn2c1CN(C)C(=O)[C@@H]1CC(=O)N(c2cccc3ccccc23)C1. The Bertz CT molecular complexity index is 1270. The van der Waals surface area contributed by atoms with Crippen molar-refractivity contribution in [2.24, 2.45) is 5.92 Å². The molecule has 1 aliphatic heterocycles. The maximum atomic E-state index is 13.2. The molecule has 0 unspecified atom stereocenters. The van der Waals surface area contributed by atoms with Crippen LogP contribution in [0.15, 0.2) is 54.0 Å². The van der Waals surface area contributed by atoms with Gasteiger partial charge in [0.2, 0.25) is 11.8 Å². The number of carbonyl (C=O) groups excluding carboxylic acids is 2. The van der Waals surface area contributed by atoms with Crippen molar-refractivity contribution in [1.29, 1.82) is 0 Å². The second-order valence-corrected chi connectivity index (χ2v) is 8.67. The fourth-order valence-electron chi connectivity index (χ4n) is 4.29. The third kappa shape index (κ3) is 3.06. The number of amides is 2. The van der Waals surface area contributed by atoms with E-state index < -0.39 is 0 Å². The van der Waals surface area contributed by atoms with Crippen LogP contribution in [-0.4, -0.2) is 39.7 Å². The fraction of sp³-hybridized carbons (Fsp3) is 0.261. The standard InChI is InChI=1S/C23H22N4O2S/c1-15-20(26-10-11-30-23(26)24-15)14-25(2)22(29)17-12-21(28)27(13-17)19-9-5-7-16-6-3-4-8-18(16)19/h3-11,17H,12-14H2,1-2H3/t17-/m1/s1. The molecule has 0 bridgehead atoms. The van der Waals surface area contributed by atoms with Crippen molar-refractivity contribution in [2.75, 3.05) is 18.5 Å². The van der Waals surface area contributed by atoms with Gasteiger partial charge in [0.25, 0.3) is 0 Å². The molecule has 6 nitrogen and oxygen atoms in total. The monoisotopic (exact) mass is 418 g/mol. The van der Waals surface area contributed by atoms with E-state index in [9.17, 15) is 9.59 Å². The van der Waals surface area contributed by atoms with Gasteiger partial charge < -0.3 is 9.80 Å². The number of nitrogens with zero attached hydrogens (tertiary/aromatic N) is 4. The lowest BCUT2D eigenvalue weighted by Gasteiger charge is -2.22. The molecule has 0 saturated carbocycles. The second-order valence-electron chi connectivity index (χ2n) is 7.80. The summed E-state index contributed by atoms with van der Waals surface area (Å²) >= 11 is 1.58. The van der Waals surface area contributed by atoms with E-state index in [1.807, 2.05) is 65.4 Å². The van der Waals surface area contributed by atoms with Gasteiger partial charge in [-0.1, -0.05) is 36.4 Å². The maximum Gasteiger partial charge on any atom is 0.228 e. The number of carbonyl (C=O) groups is 2. The molecule has 152 valence electrons. The van der Waals surface area contributed by atoms with Crippen LogP contribution in [-0.2, 0) is 16.1 Å². The number of aromatic nitrogens is 2. The van der Waals surface area contributed by atoms with Crippen molar-refractivity contribution >= 4 is 44.6 Å². The van der Waals surface area contributed by atoms with Crippen LogP contribution in [0.5, 0.6) is 0 Å². The smallest absolute Gasteiger partial charge is 0.228 e. The molecule has 3 heterocycles. The molecule has 1 aliphatic rings. The predicted molar refractivity (Wildman–Crippen MR) is 119 cm³/mol. The zero-order valence-corrected chi connectivity index (χ0v) is 17.7. The van der Waals surface area contributed by atoms with Gasteiger partial charge in [-0.3, -0.25) is 14.0 Å². The van der Waals surface area contributed by atoms with Crippen molar-refractivity contribution < 1.29 is 9.59 Å². The summed E-state index contributed by atoms with van der Waals surface area (Å²) in [5.74, 6) is -0.345. The first-order chi connectivity index (χ1) is 14.5. The van der Waals surface area contributed by atoms with Crippen molar-refractivity contribution in [1.82, 2.24) is 14.3 Å². The lowest BCUT2D eigenvalue weighted by Crippen LogP contribution is -2.34. The molecule has 7 heteroatoms. The highest BCUT2D eigenvalue weighted by atomic mass is 32.1. The van der Waals surface area contributed by atoms with Crippen LogP contribution in [0.1, 0.15) is 17.8 Å². The summed E-state index contributed by atoms with van der Waals surface area (Å²) in [5.41, 5.74) is 2.82. The summed E-state index contributed by atoms with van der Waals surface area (Å²) in [6.07, 6.45) is 2.22. The van der Waals surface area contributed by atoms with E-state index >= 15 is 0 Å². The minimum atomic E-state index is -0.340. The number of fused-ring (bicyclic) bond motifs is 2. The Hall–Kier alpha value is -3.19. The lowest BCUT2D eigenvalue weighted by atomic mass is 10.1. The average molecular weight is 419 g/mol. The normalized spacial score (nSPS) is 16.7. The third-order valence-electron chi connectivity index (χ3n) is 5.86. The minimum Gasteiger partial charge on any atom is -0.340 e. The second kappa shape index (κ2) is 7.25. The van der Waals surface area contributed by atoms with E-state index in [1.165, 1.54) is 0 Å². The molecule has 0 radical (unpaired) electrons. The van der Waals surface area contributed by atoms with Gasteiger partial charge in [0.15, 0.2) is 4.96 Å². The highest BCUT2D eigenvalue weighted by molar-refractivity contribution is 7.15. The van der Waals surface area contributed by atoms with Crippen molar-refractivity contribution in [3.8, 4) is 0 Å². The molecule has 0 N–H and O–H groups in total. The highest BCUT2D eigenvalue weighted by Gasteiger charge is 2.37. The summed E-state index contributed by atoms with van der Waals surface area (Å²) < 4.78 is 2.03. The zero-order valence-electron chi connectivity index (χ0n) is 16.9. The topological polar surface area (TPSA) is 57.9 Å². The minimum absolute atomic E-state index is 0.00105. The molecule has 2 aromatic heterocycles. The van der Waals surface area contributed by atoms with Crippen LogP contribution in [0.25, 0.3) is 15.7 Å². The summed E-state index contributed by atoms with van der Waals surface area (Å²) in [6, 6.07) is 14.0. The van der Waals surface area contributed by atoms with Gasteiger partial charge in [-0.25, -0.2) is 4.98 Å². The molecular weight excluding hydrogens is 396 g/mol. The maximum absolute atomic E-state index is 13.2. The van der Waals surface area contributed by atoms with Crippen molar-refractivity contribution in [2.45, 2.75) is 19.9 Å². The Morgan fingerprint density at radius 2 is 2.03 bits per heavy atom. The Labute approximate surface area is 178 Å². The molecule has 4 aromatic rings. The number of rotatable bonds is 4. The van der Waals surface area contributed by atoms with Gasteiger partial charge in [0, 0.05) is 37.0 Å². The van der Waals surface area contributed by atoms with Gasteiger partial charge >= 0.3 is 0 Å². The lowest BCUT2D eigenvalue weighted by molar-refractivity contribution is -0.135. The Morgan fingerprint density at radius 1 is 1.23 bits per heavy atom. The average Bonchev–Trinajstić information content (AvgIpc) is 3.43. The first-order valence-electron chi connectivity index (χ1n) is 9.97. The Balaban J connectivity index is 1.36. The molecule has 1 saturated heterocycles. The van der Waals surface area contributed by atoms with Gasteiger partial charge in [0.1, 0.15) is 0 Å². The van der Waals surface area contributed by atoms with E-state index in [0.717, 1.165) is 32.8 Å². The van der Waals surface area contributed by atoms with Crippen LogP contribution in [0.2, 0.25) is 0 Å². The van der Waals surface area contributed by atoms with E-state index in [1.54, 1.807) is 28.2 Å². The summed E-state index contributed by atoms with van der Waals surface area (Å²) in [5, 5.41) is 4.11. The van der Waals surface area contributed by atoms with E-state index in [0.29, 0.717) is 13.1 Å². The molecule has 0 aliphatic carbocycles.